The number of rotatable bonds is 5. The second-order valence-corrected chi connectivity index (χ2v) is 9.14. The van der Waals surface area contributed by atoms with E-state index in [2.05, 4.69) is 10.1 Å². The second kappa shape index (κ2) is 8.20. The number of thiophene rings is 1. The largest absolute Gasteiger partial charge is 0.488 e. The average Bonchev–Trinajstić information content (AvgIpc) is 3.50. The topological polar surface area (TPSA) is 80.5 Å². The van der Waals surface area contributed by atoms with Gasteiger partial charge in [0, 0.05) is 18.0 Å². The number of aliphatic hydroxyl groups excluding tert-OH is 1. The SMILES string of the molecule is O=C(Cc1cccs1)N1C[C@H]2C[C@@H](Oc3ccc(-n4cncn4)cc3)[C@H](O)C[C@H]2C1. The number of ether oxygens (including phenoxy) is 1. The van der Waals surface area contributed by atoms with Gasteiger partial charge in [0.05, 0.1) is 18.2 Å². The predicted molar refractivity (Wildman–Crippen MR) is 113 cm³/mol. The molecule has 2 fully saturated rings. The summed E-state index contributed by atoms with van der Waals surface area (Å²) in [7, 11) is 0. The standard InChI is InChI=1S/C22H24N4O3S/c27-20-8-15-11-25(22(28)10-19-2-1-7-30-19)12-16(15)9-21(20)29-18-5-3-17(4-6-18)26-14-23-13-24-26/h1-7,13-16,20-21,27H,8-12H2/t15-,16+,20+,21+/m0/s1. The normalized spacial score (nSPS) is 25.8. The Morgan fingerprint density at radius 1 is 1.17 bits per heavy atom. The molecule has 1 N–H and O–H groups in total. The molecule has 1 aliphatic heterocycles. The van der Waals surface area contributed by atoms with Crippen LogP contribution < -0.4 is 4.74 Å². The van der Waals surface area contributed by atoms with Gasteiger partial charge in [-0.2, -0.15) is 5.10 Å². The molecular formula is C22H24N4O3S. The summed E-state index contributed by atoms with van der Waals surface area (Å²) in [5.41, 5.74) is 0.903. The molecule has 5 rings (SSSR count). The van der Waals surface area contributed by atoms with Gasteiger partial charge in [-0.1, -0.05) is 6.07 Å². The maximum atomic E-state index is 12.7. The van der Waals surface area contributed by atoms with Gasteiger partial charge in [0.2, 0.25) is 5.91 Å². The Kier molecular flexibility index (Phi) is 5.26. The van der Waals surface area contributed by atoms with E-state index in [-0.39, 0.29) is 12.0 Å². The molecule has 4 atom stereocenters. The summed E-state index contributed by atoms with van der Waals surface area (Å²) >= 11 is 1.62. The molecule has 156 valence electrons. The molecule has 0 radical (unpaired) electrons. The Balaban J connectivity index is 1.20. The van der Waals surface area contributed by atoms with Crippen molar-refractivity contribution in [2.45, 2.75) is 31.5 Å². The zero-order chi connectivity index (χ0) is 20.5. The number of benzene rings is 1. The van der Waals surface area contributed by atoms with Crippen LogP contribution in [0.2, 0.25) is 0 Å². The number of fused-ring (bicyclic) bond motifs is 1. The van der Waals surface area contributed by atoms with Crippen molar-refractivity contribution in [3.8, 4) is 11.4 Å². The highest BCUT2D eigenvalue weighted by atomic mass is 32.1. The molecule has 1 aliphatic carbocycles. The first kappa shape index (κ1) is 19.3. The molecule has 1 amide bonds. The van der Waals surface area contributed by atoms with E-state index in [9.17, 15) is 9.90 Å². The van der Waals surface area contributed by atoms with Gasteiger partial charge < -0.3 is 14.7 Å². The highest BCUT2D eigenvalue weighted by Gasteiger charge is 2.43. The van der Waals surface area contributed by atoms with Gasteiger partial charge in [0.25, 0.3) is 0 Å². The van der Waals surface area contributed by atoms with Crippen LogP contribution in [0.3, 0.4) is 0 Å². The average molecular weight is 425 g/mol. The van der Waals surface area contributed by atoms with E-state index in [0.29, 0.717) is 24.7 Å². The lowest BCUT2D eigenvalue weighted by molar-refractivity contribution is -0.129. The van der Waals surface area contributed by atoms with Gasteiger partial charge in [-0.05, 0) is 60.4 Å². The molecule has 7 nitrogen and oxygen atoms in total. The van der Waals surface area contributed by atoms with E-state index in [1.54, 1.807) is 22.3 Å². The van der Waals surface area contributed by atoms with Crippen molar-refractivity contribution >= 4 is 17.2 Å². The van der Waals surface area contributed by atoms with Crippen molar-refractivity contribution in [3.63, 3.8) is 0 Å². The van der Waals surface area contributed by atoms with Crippen molar-refractivity contribution < 1.29 is 14.6 Å². The van der Waals surface area contributed by atoms with Crippen LogP contribution in [-0.4, -0.2) is 56.0 Å². The molecule has 1 aromatic carbocycles. The molecular weight excluding hydrogens is 400 g/mol. The van der Waals surface area contributed by atoms with E-state index in [4.69, 9.17) is 4.74 Å². The van der Waals surface area contributed by atoms with E-state index in [0.717, 1.165) is 35.8 Å². The maximum absolute atomic E-state index is 12.7. The van der Waals surface area contributed by atoms with Crippen LogP contribution in [0.4, 0.5) is 0 Å². The Morgan fingerprint density at radius 2 is 1.97 bits per heavy atom. The van der Waals surface area contributed by atoms with Gasteiger partial charge in [0.15, 0.2) is 0 Å². The molecule has 3 heterocycles. The fourth-order valence-electron chi connectivity index (χ4n) is 4.59. The number of hydrogen-bond acceptors (Lipinski definition) is 6. The Morgan fingerprint density at radius 3 is 2.67 bits per heavy atom. The summed E-state index contributed by atoms with van der Waals surface area (Å²) in [4.78, 5) is 19.7. The summed E-state index contributed by atoms with van der Waals surface area (Å²) in [6.45, 7) is 1.50. The highest BCUT2D eigenvalue weighted by Crippen LogP contribution is 2.38. The number of likely N-dealkylation sites (tertiary alicyclic amines) is 1. The Hall–Kier alpha value is -2.71. The number of carbonyl (C=O) groups is 1. The maximum Gasteiger partial charge on any atom is 0.227 e. The Labute approximate surface area is 178 Å². The third-order valence-corrected chi connectivity index (χ3v) is 7.03. The van der Waals surface area contributed by atoms with Crippen LogP contribution in [0.25, 0.3) is 5.69 Å². The third kappa shape index (κ3) is 3.97. The molecule has 1 saturated carbocycles. The molecule has 0 unspecified atom stereocenters. The summed E-state index contributed by atoms with van der Waals surface area (Å²) < 4.78 is 7.82. The predicted octanol–water partition coefficient (Wildman–Crippen LogP) is 2.55. The third-order valence-electron chi connectivity index (χ3n) is 6.15. The summed E-state index contributed by atoms with van der Waals surface area (Å²) in [5, 5.41) is 16.8. The van der Waals surface area contributed by atoms with E-state index >= 15 is 0 Å². The van der Waals surface area contributed by atoms with E-state index < -0.39 is 6.10 Å². The smallest absolute Gasteiger partial charge is 0.227 e. The van der Waals surface area contributed by atoms with E-state index in [1.165, 1.54) is 6.33 Å². The minimum Gasteiger partial charge on any atom is -0.488 e. The zero-order valence-electron chi connectivity index (χ0n) is 16.5. The first-order chi connectivity index (χ1) is 14.7. The van der Waals surface area contributed by atoms with Crippen molar-refractivity contribution in [1.82, 2.24) is 19.7 Å². The zero-order valence-corrected chi connectivity index (χ0v) is 17.3. The highest BCUT2D eigenvalue weighted by molar-refractivity contribution is 7.10. The Bertz CT molecular complexity index is 975. The summed E-state index contributed by atoms with van der Waals surface area (Å²) in [5.74, 6) is 1.63. The van der Waals surface area contributed by atoms with Crippen LogP contribution >= 0.6 is 11.3 Å². The number of nitrogens with zero attached hydrogens (tertiary/aromatic N) is 4. The van der Waals surface area contributed by atoms with Crippen LogP contribution in [0, 0.1) is 11.8 Å². The number of aliphatic hydroxyl groups is 1. The lowest BCUT2D eigenvalue weighted by Gasteiger charge is -2.35. The number of aromatic nitrogens is 3. The molecule has 3 aromatic rings. The fraction of sp³-hybridized carbons (Fsp3) is 0.409. The minimum absolute atomic E-state index is 0.183. The lowest BCUT2D eigenvalue weighted by atomic mass is 9.78. The van der Waals surface area contributed by atoms with Gasteiger partial charge in [0.1, 0.15) is 24.5 Å². The van der Waals surface area contributed by atoms with Crippen molar-refractivity contribution in [2.75, 3.05) is 13.1 Å². The van der Waals surface area contributed by atoms with Gasteiger partial charge in [-0.25, -0.2) is 9.67 Å². The summed E-state index contributed by atoms with van der Waals surface area (Å²) in [6, 6.07) is 11.6. The van der Waals surface area contributed by atoms with Gasteiger partial charge >= 0.3 is 0 Å². The summed E-state index contributed by atoms with van der Waals surface area (Å²) in [6.07, 6.45) is 4.28. The quantitative estimate of drug-likeness (QED) is 0.681. The number of amides is 1. The first-order valence-corrected chi connectivity index (χ1v) is 11.1. The van der Waals surface area contributed by atoms with Gasteiger partial charge in [-0.3, -0.25) is 4.79 Å². The lowest BCUT2D eigenvalue weighted by Crippen LogP contribution is -2.42. The van der Waals surface area contributed by atoms with Crippen molar-refractivity contribution in [3.05, 3.63) is 59.3 Å². The minimum atomic E-state index is -0.520. The number of hydrogen-bond donors (Lipinski definition) is 1. The van der Waals surface area contributed by atoms with Crippen LogP contribution in [-0.2, 0) is 11.2 Å². The molecule has 1 saturated heterocycles. The monoisotopic (exact) mass is 424 g/mol. The molecule has 30 heavy (non-hydrogen) atoms. The second-order valence-electron chi connectivity index (χ2n) is 8.10. The van der Waals surface area contributed by atoms with Gasteiger partial charge in [-0.15, -0.1) is 11.3 Å². The van der Waals surface area contributed by atoms with E-state index in [1.807, 2.05) is 46.7 Å². The molecule has 8 heteroatoms. The number of carbonyl (C=O) groups excluding carboxylic acids is 1. The van der Waals surface area contributed by atoms with Crippen molar-refractivity contribution in [2.24, 2.45) is 11.8 Å². The molecule has 0 bridgehead atoms. The van der Waals surface area contributed by atoms with Crippen LogP contribution in [0.15, 0.2) is 54.4 Å². The van der Waals surface area contributed by atoms with Crippen molar-refractivity contribution in [1.29, 1.82) is 0 Å². The van der Waals surface area contributed by atoms with Crippen LogP contribution in [0.1, 0.15) is 17.7 Å². The molecule has 2 aliphatic rings. The fourth-order valence-corrected chi connectivity index (χ4v) is 5.28. The first-order valence-electron chi connectivity index (χ1n) is 10.3. The molecule has 0 spiro atoms. The van der Waals surface area contributed by atoms with Crippen LogP contribution in [0.5, 0.6) is 5.75 Å². The molecule has 2 aromatic heterocycles.